The molecule has 0 spiro atoms. The van der Waals surface area contributed by atoms with Gasteiger partial charge in [0.1, 0.15) is 0 Å². The molecule has 0 radical (unpaired) electrons. The van der Waals surface area contributed by atoms with E-state index in [1.54, 1.807) is 11.8 Å². The standard InChI is InChI=1S/C18H20ClNOS/c19-16-8-10-17(11-9-16)22-14-12-18(21)20-13-4-7-15-5-2-1-3-6-15/h1-3,5-6,8-11H,4,7,12-14H2,(H,20,21). The van der Waals surface area contributed by atoms with Crippen molar-refractivity contribution in [3.8, 4) is 0 Å². The van der Waals surface area contributed by atoms with Gasteiger partial charge in [0.15, 0.2) is 0 Å². The zero-order valence-corrected chi connectivity index (χ0v) is 14.0. The summed E-state index contributed by atoms with van der Waals surface area (Å²) >= 11 is 7.51. The molecule has 2 nitrogen and oxygen atoms in total. The molecule has 0 aliphatic heterocycles. The molecule has 0 aromatic heterocycles. The highest BCUT2D eigenvalue weighted by Crippen LogP contribution is 2.20. The van der Waals surface area contributed by atoms with Crippen molar-refractivity contribution in [1.29, 1.82) is 0 Å². The molecule has 0 unspecified atom stereocenters. The van der Waals surface area contributed by atoms with Gasteiger partial charge in [-0.2, -0.15) is 0 Å². The molecule has 2 aromatic rings. The van der Waals surface area contributed by atoms with Crippen molar-refractivity contribution in [2.24, 2.45) is 0 Å². The quantitative estimate of drug-likeness (QED) is 0.566. The maximum Gasteiger partial charge on any atom is 0.220 e. The van der Waals surface area contributed by atoms with E-state index < -0.39 is 0 Å². The van der Waals surface area contributed by atoms with Gasteiger partial charge in [0.25, 0.3) is 0 Å². The molecule has 1 N–H and O–H groups in total. The Hall–Kier alpha value is -1.45. The lowest BCUT2D eigenvalue weighted by Crippen LogP contribution is -2.24. The number of hydrogen-bond donors (Lipinski definition) is 1. The summed E-state index contributed by atoms with van der Waals surface area (Å²) in [5, 5.41) is 3.71. The Labute approximate surface area is 141 Å². The van der Waals surface area contributed by atoms with Crippen molar-refractivity contribution < 1.29 is 4.79 Å². The zero-order valence-electron chi connectivity index (χ0n) is 12.4. The fourth-order valence-electron chi connectivity index (χ4n) is 2.05. The first-order valence-corrected chi connectivity index (χ1v) is 8.79. The van der Waals surface area contributed by atoms with Crippen molar-refractivity contribution in [2.75, 3.05) is 12.3 Å². The second-order valence-corrected chi connectivity index (χ2v) is 6.60. The number of thioether (sulfide) groups is 1. The van der Waals surface area contributed by atoms with Crippen molar-refractivity contribution in [3.05, 3.63) is 65.2 Å². The molecule has 0 atom stereocenters. The van der Waals surface area contributed by atoms with E-state index in [-0.39, 0.29) is 5.91 Å². The van der Waals surface area contributed by atoms with Crippen LogP contribution in [0.4, 0.5) is 0 Å². The lowest BCUT2D eigenvalue weighted by Gasteiger charge is -2.05. The molecule has 0 bridgehead atoms. The van der Waals surface area contributed by atoms with Crippen LogP contribution < -0.4 is 5.32 Å². The van der Waals surface area contributed by atoms with Crippen LogP contribution in [0.25, 0.3) is 0 Å². The van der Waals surface area contributed by atoms with Gasteiger partial charge in [0.2, 0.25) is 5.91 Å². The molecule has 1 amide bonds. The van der Waals surface area contributed by atoms with E-state index in [4.69, 9.17) is 11.6 Å². The Morgan fingerprint density at radius 1 is 1.05 bits per heavy atom. The summed E-state index contributed by atoms with van der Waals surface area (Å²) in [7, 11) is 0. The van der Waals surface area contributed by atoms with Crippen LogP contribution in [0.15, 0.2) is 59.5 Å². The van der Waals surface area contributed by atoms with E-state index in [1.807, 2.05) is 42.5 Å². The van der Waals surface area contributed by atoms with Gasteiger partial charge in [-0.05, 0) is 42.7 Å². The van der Waals surface area contributed by atoms with Crippen molar-refractivity contribution in [3.63, 3.8) is 0 Å². The Morgan fingerprint density at radius 3 is 2.50 bits per heavy atom. The largest absolute Gasteiger partial charge is 0.356 e. The number of carbonyl (C=O) groups excluding carboxylic acids is 1. The minimum Gasteiger partial charge on any atom is -0.356 e. The second-order valence-electron chi connectivity index (χ2n) is 4.99. The van der Waals surface area contributed by atoms with E-state index >= 15 is 0 Å². The van der Waals surface area contributed by atoms with Crippen LogP contribution in [-0.4, -0.2) is 18.2 Å². The molecule has 0 saturated heterocycles. The predicted molar refractivity (Wildman–Crippen MR) is 94.6 cm³/mol. The Bertz CT molecular complexity index is 571. The summed E-state index contributed by atoms with van der Waals surface area (Å²) in [6, 6.07) is 18.0. The van der Waals surface area contributed by atoms with Gasteiger partial charge in [-0.25, -0.2) is 0 Å². The maximum absolute atomic E-state index is 11.8. The molecule has 0 aliphatic rings. The Balaban J connectivity index is 1.55. The second kappa shape index (κ2) is 9.54. The number of benzene rings is 2. The first-order valence-electron chi connectivity index (χ1n) is 7.43. The van der Waals surface area contributed by atoms with Crippen molar-refractivity contribution >= 4 is 29.3 Å². The van der Waals surface area contributed by atoms with Crippen LogP contribution in [0.3, 0.4) is 0 Å². The Morgan fingerprint density at radius 2 is 1.77 bits per heavy atom. The van der Waals surface area contributed by atoms with E-state index in [0.717, 1.165) is 35.1 Å². The highest BCUT2D eigenvalue weighted by Gasteiger charge is 2.02. The summed E-state index contributed by atoms with van der Waals surface area (Å²) in [5.74, 6) is 0.904. The van der Waals surface area contributed by atoms with Crippen LogP contribution in [0.5, 0.6) is 0 Å². The van der Waals surface area contributed by atoms with E-state index in [9.17, 15) is 4.79 Å². The monoisotopic (exact) mass is 333 g/mol. The maximum atomic E-state index is 11.8. The zero-order chi connectivity index (χ0) is 15.6. The summed E-state index contributed by atoms with van der Waals surface area (Å²) < 4.78 is 0. The molecule has 22 heavy (non-hydrogen) atoms. The fourth-order valence-corrected chi connectivity index (χ4v) is 3.02. The molecule has 2 aromatic carbocycles. The molecular formula is C18H20ClNOS. The number of nitrogens with one attached hydrogen (secondary N) is 1. The summed E-state index contributed by atoms with van der Waals surface area (Å²) in [5.41, 5.74) is 1.31. The minimum atomic E-state index is 0.120. The first-order chi connectivity index (χ1) is 10.7. The number of carbonyl (C=O) groups is 1. The molecular weight excluding hydrogens is 314 g/mol. The van der Waals surface area contributed by atoms with Gasteiger partial charge in [-0.15, -0.1) is 11.8 Å². The van der Waals surface area contributed by atoms with Gasteiger partial charge in [0.05, 0.1) is 0 Å². The lowest BCUT2D eigenvalue weighted by atomic mass is 10.1. The third-order valence-electron chi connectivity index (χ3n) is 3.22. The number of aryl methyl sites for hydroxylation is 1. The van der Waals surface area contributed by atoms with Gasteiger partial charge >= 0.3 is 0 Å². The average molecular weight is 334 g/mol. The van der Waals surface area contributed by atoms with Gasteiger partial charge < -0.3 is 5.32 Å². The van der Waals surface area contributed by atoms with Crippen molar-refractivity contribution in [2.45, 2.75) is 24.2 Å². The van der Waals surface area contributed by atoms with Crippen LogP contribution in [0, 0.1) is 0 Å². The Kier molecular flexibility index (Phi) is 7.34. The van der Waals surface area contributed by atoms with Crippen LogP contribution >= 0.6 is 23.4 Å². The fraction of sp³-hybridized carbons (Fsp3) is 0.278. The predicted octanol–water partition coefficient (Wildman–Crippen LogP) is 4.57. The normalized spacial score (nSPS) is 10.4. The molecule has 0 aliphatic carbocycles. The summed E-state index contributed by atoms with van der Waals surface area (Å²) in [6.45, 7) is 0.735. The van der Waals surface area contributed by atoms with Crippen LogP contribution in [0.1, 0.15) is 18.4 Å². The highest BCUT2D eigenvalue weighted by molar-refractivity contribution is 7.99. The van der Waals surface area contributed by atoms with Crippen molar-refractivity contribution in [1.82, 2.24) is 5.32 Å². The van der Waals surface area contributed by atoms with E-state index in [0.29, 0.717) is 6.42 Å². The number of rotatable bonds is 8. The summed E-state index contributed by atoms with van der Waals surface area (Å²) in [4.78, 5) is 12.9. The number of halogens is 1. The van der Waals surface area contributed by atoms with Gasteiger partial charge in [0, 0.05) is 28.6 Å². The van der Waals surface area contributed by atoms with Gasteiger partial charge in [-0.3, -0.25) is 4.79 Å². The van der Waals surface area contributed by atoms with Gasteiger partial charge in [-0.1, -0.05) is 41.9 Å². The molecule has 4 heteroatoms. The summed E-state index contributed by atoms with van der Waals surface area (Å²) in [6.07, 6.45) is 2.51. The third-order valence-corrected chi connectivity index (χ3v) is 4.48. The minimum absolute atomic E-state index is 0.120. The average Bonchev–Trinajstić information content (AvgIpc) is 2.54. The number of hydrogen-bond acceptors (Lipinski definition) is 2. The van der Waals surface area contributed by atoms with E-state index in [2.05, 4.69) is 17.4 Å². The topological polar surface area (TPSA) is 29.1 Å². The molecule has 116 valence electrons. The SMILES string of the molecule is O=C(CCSc1ccc(Cl)cc1)NCCCc1ccccc1. The lowest BCUT2D eigenvalue weighted by molar-refractivity contribution is -0.120. The molecule has 2 rings (SSSR count). The molecule has 0 fully saturated rings. The third kappa shape index (κ3) is 6.54. The van der Waals surface area contributed by atoms with E-state index in [1.165, 1.54) is 5.56 Å². The van der Waals surface area contributed by atoms with Crippen LogP contribution in [0.2, 0.25) is 5.02 Å². The first kappa shape index (κ1) is 16.9. The highest BCUT2D eigenvalue weighted by atomic mass is 35.5. The molecule has 0 saturated carbocycles. The van der Waals surface area contributed by atoms with Crippen LogP contribution in [-0.2, 0) is 11.2 Å². The molecule has 0 heterocycles. The number of amides is 1. The smallest absolute Gasteiger partial charge is 0.220 e.